The average Bonchev–Trinajstić information content (AvgIpc) is 3.08. The number of carbonyl (C=O) groups excluding carboxylic acids is 2. The number of amides is 2. The number of alkyl halides is 3. The van der Waals surface area contributed by atoms with Gasteiger partial charge in [-0.3, -0.25) is 9.59 Å². The number of aromatic nitrogens is 1. The van der Waals surface area contributed by atoms with Crippen molar-refractivity contribution in [2.45, 2.75) is 63.8 Å². The van der Waals surface area contributed by atoms with Crippen LogP contribution in [0.5, 0.6) is 0 Å². The van der Waals surface area contributed by atoms with Gasteiger partial charge in [0, 0.05) is 29.6 Å². The van der Waals surface area contributed by atoms with Crippen LogP contribution in [-0.4, -0.2) is 44.7 Å². The fraction of sp³-hybridized carbons (Fsp3) is 0.500. The topological polar surface area (TPSA) is 53.5 Å². The van der Waals surface area contributed by atoms with Crippen LogP contribution in [0.2, 0.25) is 0 Å². The minimum atomic E-state index is -4.42. The van der Waals surface area contributed by atoms with E-state index in [9.17, 15) is 22.8 Å². The Labute approximate surface area is 182 Å². The van der Waals surface area contributed by atoms with Crippen molar-refractivity contribution in [2.75, 3.05) is 6.54 Å². The molecule has 1 aromatic carbocycles. The first-order chi connectivity index (χ1) is 14.5. The van der Waals surface area contributed by atoms with Crippen LogP contribution in [0.4, 0.5) is 13.2 Å². The summed E-state index contributed by atoms with van der Waals surface area (Å²) in [6, 6.07) is 4.68. The lowest BCUT2D eigenvalue weighted by molar-refractivity contribution is -0.176. The Morgan fingerprint density at radius 2 is 1.84 bits per heavy atom. The highest BCUT2D eigenvalue weighted by atomic mass is 32.1. The molecule has 1 spiro atoms. The maximum absolute atomic E-state index is 13.5. The van der Waals surface area contributed by atoms with Crippen molar-refractivity contribution in [3.8, 4) is 0 Å². The first-order valence-corrected chi connectivity index (χ1v) is 11.0. The zero-order valence-corrected chi connectivity index (χ0v) is 18.4. The number of hydrogen-bond acceptors (Lipinski definition) is 4. The molecular formula is C22H24F3N3O2S. The van der Waals surface area contributed by atoms with Crippen molar-refractivity contribution >= 4 is 23.2 Å². The molecule has 0 atom stereocenters. The standard InChI is InChI=1S/C22H24F3N3O2S/c1-13(2)27-12-18(29)28(11-15-4-6-17(7-5-15)22(23,24)25)21(20(27)30)8-16(9-21)19-26-10-14(3)31-19/h4-7,10,13,16H,8-9,11-12H2,1-3H3/t16-,21-. The number of rotatable bonds is 4. The third-order valence-electron chi connectivity index (χ3n) is 6.18. The lowest BCUT2D eigenvalue weighted by atomic mass is 9.65. The maximum atomic E-state index is 13.5. The molecule has 2 aliphatic rings. The van der Waals surface area contributed by atoms with Gasteiger partial charge in [0.25, 0.3) is 0 Å². The zero-order chi connectivity index (χ0) is 22.6. The Bertz CT molecular complexity index is 994. The van der Waals surface area contributed by atoms with Crippen LogP contribution >= 0.6 is 11.3 Å². The third-order valence-corrected chi connectivity index (χ3v) is 7.26. The van der Waals surface area contributed by atoms with Gasteiger partial charge in [-0.2, -0.15) is 13.2 Å². The number of piperazine rings is 1. The monoisotopic (exact) mass is 451 g/mol. The van der Waals surface area contributed by atoms with Gasteiger partial charge in [0.1, 0.15) is 12.1 Å². The number of halogens is 3. The summed E-state index contributed by atoms with van der Waals surface area (Å²) in [5.41, 5.74) is -1.13. The summed E-state index contributed by atoms with van der Waals surface area (Å²) in [4.78, 5) is 35.2. The summed E-state index contributed by atoms with van der Waals surface area (Å²) >= 11 is 1.59. The molecule has 9 heteroatoms. The van der Waals surface area contributed by atoms with Gasteiger partial charge in [-0.1, -0.05) is 12.1 Å². The number of benzene rings is 1. The highest BCUT2D eigenvalue weighted by Crippen LogP contribution is 2.52. The summed E-state index contributed by atoms with van der Waals surface area (Å²) in [5, 5.41) is 0.958. The number of carbonyl (C=O) groups is 2. The van der Waals surface area contributed by atoms with E-state index in [1.165, 1.54) is 12.1 Å². The Morgan fingerprint density at radius 1 is 1.19 bits per heavy atom. The van der Waals surface area contributed by atoms with Crippen molar-refractivity contribution in [1.29, 1.82) is 0 Å². The van der Waals surface area contributed by atoms with Crippen LogP contribution in [0.3, 0.4) is 0 Å². The first kappa shape index (κ1) is 21.8. The molecule has 1 aliphatic heterocycles. The van der Waals surface area contributed by atoms with E-state index in [0.717, 1.165) is 22.0 Å². The summed E-state index contributed by atoms with van der Waals surface area (Å²) in [6.45, 7) is 5.83. The predicted molar refractivity (Wildman–Crippen MR) is 110 cm³/mol. The summed E-state index contributed by atoms with van der Waals surface area (Å²) in [7, 11) is 0. The van der Waals surface area contributed by atoms with E-state index in [2.05, 4.69) is 4.98 Å². The Kier molecular flexibility index (Phi) is 5.36. The van der Waals surface area contributed by atoms with Crippen molar-refractivity contribution in [2.24, 2.45) is 0 Å². The highest BCUT2D eigenvalue weighted by Gasteiger charge is 2.60. The second kappa shape index (κ2) is 7.62. The third kappa shape index (κ3) is 3.84. The molecule has 2 amide bonds. The summed E-state index contributed by atoms with van der Waals surface area (Å²) < 4.78 is 38.6. The van der Waals surface area contributed by atoms with E-state index in [4.69, 9.17) is 0 Å². The molecule has 4 rings (SSSR count). The second-order valence-corrected chi connectivity index (χ2v) is 9.91. The van der Waals surface area contributed by atoms with Crippen molar-refractivity contribution in [3.63, 3.8) is 0 Å². The molecule has 0 N–H and O–H groups in total. The van der Waals surface area contributed by atoms with E-state index in [1.807, 2.05) is 20.8 Å². The van der Waals surface area contributed by atoms with Crippen LogP contribution in [0.25, 0.3) is 0 Å². The molecule has 5 nitrogen and oxygen atoms in total. The van der Waals surface area contributed by atoms with Gasteiger partial charge in [0.05, 0.1) is 10.6 Å². The molecule has 31 heavy (non-hydrogen) atoms. The Morgan fingerprint density at radius 3 is 2.35 bits per heavy atom. The van der Waals surface area contributed by atoms with Crippen LogP contribution in [0.15, 0.2) is 30.5 Å². The normalized spacial score (nSPS) is 24.3. The molecule has 1 aromatic heterocycles. The maximum Gasteiger partial charge on any atom is 0.416 e. The molecule has 2 aromatic rings. The van der Waals surface area contributed by atoms with Crippen molar-refractivity contribution in [3.05, 3.63) is 51.5 Å². The average molecular weight is 452 g/mol. The predicted octanol–water partition coefficient (Wildman–Crippen LogP) is 4.37. The van der Waals surface area contributed by atoms with Gasteiger partial charge in [-0.25, -0.2) is 4.98 Å². The quantitative estimate of drug-likeness (QED) is 0.694. The lowest BCUT2D eigenvalue weighted by Crippen LogP contribution is -2.72. The van der Waals surface area contributed by atoms with E-state index >= 15 is 0 Å². The lowest BCUT2D eigenvalue weighted by Gasteiger charge is -2.57. The van der Waals surface area contributed by atoms with Crippen molar-refractivity contribution in [1.82, 2.24) is 14.8 Å². The number of hydrogen-bond donors (Lipinski definition) is 0. The number of aryl methyl sites for hydroxylation is 1. The molecule has 0 unspecified atom stereocenters. The molecule has 1 aliphatic carbocycles. The smallest absolute Gasteiger partial charge is 0.329 e. The largest absolute Gasteiger partial charge is 0.416 e. The van der Waals surface area contributed by atoms with Crippen LogP contribution in [-0.2, 0) is 22.3 Å². The van der Waals surface area contributed by atoms with Crippen LogP contribution in [0, 0.1) is 6.92 Å². The van der Waals surface area contributed by atoms with E-state index < -0.39 is 17.3 Å². The van der Waals surface area contributed by atoms with Gasteiger partial charge in [-0.05, 0) is 51.3 Å². The van der Waals surface area contributed by atoms with Gasteiger partial charge < -0.3 is 9.80 Å². The minimum absolute atomic E-state index is 0.0140. The molecule has 0 bridgehead atoms. The fourth-order valence-electron chi connectivity index (χ4n) is 4.45. The molecule has 2 fully saturated rings. The highest BCUT2D eigenvalue weighted by molar-refractivity contribution is 7.11. The van der Waals surface area contributed by atoms with Gasteiger partial charge in [0.15, 0.2) is 0 Å². The Hall–Kier alpha value is -2.42. The molecule has 2 heterocycles. The molecule has 1 saturated carbocycles. The molecular weight excluding hydrogens is 427 g/mol. The summed E-state index contributed by atoms with van der Waals surface area (Å²) in [6.07, 6.45) is -1.65. The SMILES string of the molecule is Cc1cnc([C@H]2C[C@]3(C2)C(=O)N(C(C)C)CC(=O)N3Cc2ccc(C(F)(F)F)cc2)s1. The van der Waals surface area contributed by atoms with Gasteiger partial charge >= 0.3 is 6.18 Å². The van der Waals surface area contributed by atoms with Crippen molar-refractivity contribution < 1.29 is 22.8 Å². The second-order valence-electron chi connectivity index (χ2n) is 8.65. The first-order valence-electron chi connectivity index (χ1n) is 10.2. The van der Waals surface area contributed by atoms with Gasteiger partial charge in [-0.15, -0.1) is 11.3 Å². The zero-order valence-electron chi connectivity index (χ0n) is 17.6. The number of nitrogens with zero attached hydrogens (tertiary/aromatic N) is 3. The van der Waals surface area contributed by atoms with E-state index in [0.29, 0.717) is 18.4 Å². The van der Waals surface area contributed by atoms with Crippen LogP contribution < -0.4 is 0 Å². The fourth-order valence-corrected chi connectivity index (χ4v) is 5.32. The number of thiazole rings is 1. The van der Waals surface area contributed by atoms with E-state index in [1.54, 1.807) is 27.3 Å². The minimum Gasteiger partial charge on any atom is -0.329 e. The van der Waals surface area contributed by atoms with E-state index in [-0.39, 0.29) is 36.9 Å². The summed E-state index contributed by atoms with van der Waals surface area (Å²) in [5.74, 6) is -0.168. The van der Waals surface area contributed by atoms with Gasteiger partial charge in [0.2, 0.25) is 11.8 Å². The Balaban J connectivity index is 1.61. The molecule has 1 saturated heterocycles. The molecule has 0 radical (unpaired) electrons. The molecule has 166 valence electrons. The van der Waals surface area contributed by atoms with Crippen LogP contribution in [0.1, 0.15) is 53.6 Å².